The van der Waals surface area contributed by atoms with Gasteiger partial charge in [-0.2, -0.15) is 0 Å². The number of hydrogen-bond acceptors (Lipinski definition) is 1. The third-order valence-electron chi connectivity index (χ3n) is 1.82. The van der Waals surface area contributed by atoms with Crippen LogP contribution in [0.5, 0.6) is 0 Å². The molecule has 2 aromatic rings. The summed E-state index contributed by atoms with van der Waals surface area (Å²) in [5, 5.41) is 0.369. The van der Waals surface area contributed by atoms with E-state index in [0.29, 0.717) is 15.5 Å². The Balaban J connectivity index is 2.63. The lowest BCUT2D eigenvalue weighted by molar-refractivity contribution is 0.617. The highest BCUT2D eigenvalue weighted by Gasteiger charge is 2.05. The number of rotatable bonds is 1. The first-order chi connectivity index (χ1) is 6.68. The van der Waals surface area contributed by atoms with Crippen LogP contribution in [0.15, 0.2) is 30.6 Å². The zero-order valence-electron chi connectivity index (χ0n) is 7.00. The van der Waals surface area contributed by atoms with Gasteiger partial charge in [0.25, 0.3) is 0 Å². The van der Waals surface area contributed by atoms with Crippen LogP contribution in [0.25, 0.3) is 5.69 Å². The van der Waals surface area contributed by atoms with Gasteiger partial charge in [0, 0.05) is 17.4 Å². The van der Waals surface area contributed by atoms with Crippen LogP contribution < -0.4 is 0 Å². The van der Waals surface area contributed by atoms with Crippen molar-refractivity contribution in [2.75, 3.05) is 0 Å². The second-order valence-corrected chi connectivity index (χ2v) is 3.55. The van der Waals surface area contributed by atoms with Crippen molar-refractivity contribution in [1.29, 1.82) is 0 Å². The molecule has 0 saturated heterocycles. The van der Waals surface area contributed by atoms with Crippen molar-refractivity contribution in [1.82, 2.24) is 9.55 Å². The first-order valence-corrected chi connectivity index (χ1v) is 4.68. The maximum atomic E-state index is 13.4. The topological polar surface area (TPSA) is 20.7 Å². The van der Waals surface area contributed by atoms with Gasteiger partial charge in [-0.05, 0) is 30.4 Å². The predicted octanol–water partition coefficient (Wildman–Crippen LogP) is 3.33. The molecule has 1 N–H and O–H groups in total. The van der Waals surface area contributed by atoms with Crippen LogP contribution in [-0.2, 0) is 0 Å². The monoisotopic (exact) mass is 228 g/mol. The minimum absolute atomic E-state index is 0.369. The average molecular weight is 229 g/mol. The third kappa shape index (κ3) is 1.58. The molecular weight excluding hydrogens is 223 g/mol. The van der Waals surface area contributed by atoms with Gasteiger partial charge in [0.05, 0.1) is 5.69 Å². The number of imidazole rings is 1. The fourth-order valence-electron chi connectivity index (χ4n) is 1.19. The summed E-state index contributed by atoms with van der Waals surface area (Å²) in [6.07, 6.45) is 3.31. The van der Waals surface area contributed by atoms with Crippen LogP contribution in [0.1, 0.15) is 0 Å². The summed E-state index contributed by atoms with van der Waals surface area (Å²) >= 11 is 10.6. The molecule has 2 nitrogen and oxygen atoms in total. The Morgan fingerprint density at radius 1 is 1.43 bits per heavy atom. The highest BCUT2D eigenvalue weighted by Crippen LogP contribution is 2.18. The van der Waals surface area contributed by atoms with E-state index in [-0.39, 0.29) is 0 Å². The molecule has 0 radical (unpaired) electrons. The number of hydrogen-bond donors (Lipinski definition) is 1. The maximum Gasteiger partial charge on any atom is 0.181 e. The highest BCUT2D eigenvalue weighted by atomic mass is 35.5. The van der Waals surface area contributed by atoms with E-state index in [1.54, 1.807) is 29.1 Å². The molecule has 14 heavy (non-hydrogen) atoms. The van der Waals surface area contributed by atoms with Crippen LogP contribution in [0, 0.1) is 10.6 Å². The molecule has 5 heteroatoms. The number of aromatic amines is 1. The van der Waals surface area contributed by atoms with Crippen molar-refractivity contribution in [2.24, 2.45) is 0 Å². The largest absolute Gasteiger partial charge is 0.337 e. The molecule has 0 amide bonds. The second-order valence-electron chi connectivity index (χ2n) is 2.73. The van der Waals surface area contributed by atoms with Crippen LogP contribution in [0.2, 0.25) is 5.02 Å². The number of nitrogens with one attached hydrogen (secondary N) is 1. The van der Waals surface area contributed by atoms with Gasteiger partial charge in [-0.1, -0.05) is 11.6 Å². The first-order valence-electron chi connectivity index (χ1n) is 3.90. The maximum absolute atomic E-state index is 13.4. The van der Waals surface area contributed by atoms with E-state index in [9.17, 15) is 4.39 Å². The van der Waals surface area contributed by atoms with Crippen molar-refractivity contribution < 1.29 is 4.39 Å². The van der Waals surface area contributed by atoms with Gasteiger partial charge in [-0.15, -0.1) is 0 Å². The molecule has 0 spiro atoms. The summed E-state index contributed by atoms with van der Waals surface area (Å²) in [5.41, 5.74) is 0.389. The lowest BCUT2D eigenvalue weighted by Gasteiger charge is -2.03. The van der Waals surface area contributed by atoms with E-state index in [2.05, 4.69) is 4.98 Å². The first kappa shape index (κ1) is 9.43. The van der Waals surface area contributed by atoms with Gasteiger partial charge in [-0.25, -0.2) is 4.39 Å². The predicted molar refractivity (Wildman–Crippen MR) is 55.9 cm³/mol. The Labute approximate surface area is 90.0 Å². The molecule has 72 valence electrons. The quantitative estimate of drug-likeness (QED) is 0.743. The molecule has 1 aromatic carbocycles. The summed E-state index contributed by atoms with van der Waals surface area (Å²) in [7, 11) is 0. The molecule has 0 bridgehead atoms. The van der Waals surface area contributed by atoms with E-state index >= 15 is 0 Å². The second kappa shape index (κ2) is 3.55. The summed E-state index contributed by atoms with van der Waals surface area (Å²) in [6, 6.07) is 4.46. The van der Waals surface area contributed by atoms with Crippen LogP contribution in [0.4, 0.5) is 4.39 Å². The molecule has 1 heterocycles. The van der Waals surface area contributed by atoms with Gasteiger partial charge in [-0.3, -0.25) is 4.57 Å². The van der Waals surface area contributed by atoms with E-state index < -0.39 is 5.82 Å². The summed E-state index contributed by atoms with van der Waals surface area (Å²) in [6.45, 7) is 0. The molecule has 1 aromatic heterocycles. The molecule has 0 fully saturated rings. The molecule has 0 saturated carbocycles. The Bertz CT molecular complexity index is 518. The van der Waals surface area contributed by atoms with Gasteiger partial charge < -0.3 is 4.98 Å². The zero-order chi connectivity index (χ0) is 10.1. The summed E-state index contributed by atoms with van der Waals surface area (Å²) < 4.78 is 15.4. The normalized spacial score (nSPS) is 10.4. The third-order valence-corrected chi connectivity index (χ3v) is 2.37. The molecule has 0 aliphatic carbocycles. The van der Waals surface area contributed by atoms with Crippen molar-refractivity contribution in [3.63, 3.8) is 0 Å². The summed E-state index contributed by atoms with van der Waals surface area (Å²) in [5.74, 6) is -0.395. The van der Waals surface area contributed by atoms with E-state index in [0.717, 1.165) is 0 Å². The highest BCUT2D eigenvalue weighted by molar-refractivity contribution is 7.71. The molecule has 0 aliphatic rings. The number of benzene rings is 1. The molecule has 0 atom stereocenters. The minimum Gasteiger partial charge on any atom is -0.337 e. The van der Waals surface area contributed by atoms with Crippen molar-refractivity contribution in [2.45, 2.75) is 0 Å². The summed E-state index contributed by atoms with van der Waals surface area (Å²) in [4.78, 5) is 2.79. The van der Waals surface area contributed by atoms with E-state index in [1.807, 2.05) is 0 Å². The molecule has 2 rings (SSSR count). The number of H-pyrrole nitrogens is 1. The van der Waals surface area contributed by atoms with Crippen molar-refractivity contribution in [3.8, 4) is 5.69 Å². The Morgan fingerprint density at radius 2 is 2.21 bits per heavy atom. The fourth-order valence-corrected chi connectivity index (χ4v) is 1.57. The van der Waals surface area contributed by atoms with E-state index in [1.165, 1.54) is 6.07 Å². The van der Waals surface area contributed by atoms with Crippen LogP contribution >= 0.6 is 23.8 Å². The lowest BCUT2D eigenvalue weighted by Crippen LogP contribution is -1.95. The van der Waals surface area contributed by atoms with E-state index in [4.69, 9.17) is 23.8 Å². The van der Waals surface area contributed by atoms with Crippen LogP contribution in [0.3, 0.4) is 0 Å². The Kier molecular flexibility index (Phi) is 2.39. The van der Waals surface area contributed by atoms with Crippen molar-refractivity contribution >= 4 is 23.8 Å². The van der Waals surface area contributed by atoms with Gasteiger partial charge >= 0.3 is 0 Å². The fraction of sp³-hybridized carbons (Fsp3) is 0. The standard InChI is InChI=1S/C9H6ClFN2S/c10-6-1-2-8(7(11)5-6)13-4-3-12-9(13)14/h1-5H,(H,12,14). The average Bonchev–Trinajstić information content (AvgIpc) is 2.52. The van der Waals surface area contributed by atoms with Crippen LogP contribution in [-0.4, -0.2) is 9.55 Å². The van der Waals surface area contributed by atoms with Gasteiger partial charge in [0.2, 0.25) is 0 Å². The van der Waals surface area contributed by atoms with Gasteiger partial charge in [0.1, 0.15) is 5.82 Å². The number of halogens is 2. The van der Waals surface area contributed by atoms with Crippen molar-refractivity contribution in [3.05, 3.63) is 46.2 Å². The SMILES string of the molecule is Fc1cc(Cl)ccc1-n1cc[nH]c1=S. The van der Waals surface area contributed by atoms with Gasteiger partial charge in [0.15, 0.2) is 4.77 Å². The Hall–Kier alpha value is -1.13. The minimum atomic E-state index is -0.395. The molecule has 0 aliphatic heterocycles. The smallest absolute Gasteiger partial charge is 0.181 e. The number of nitrogens with zero attached hydrogens (tertiary/aromatic N) is 1. The lowest BCUT2D eigenvalue weighted by atomic mass is 10.3. The number of aromatic nitrogens is 2. The Morgan fingerprint density at radius 3 is 2.79 bits per heavy atom. The zero-order valence-corrected chi connectivity index (χ0v) is 8.57. The molecular formula is C9H6ClFN2S. The molecule has 0 unspecified atom stereocenters.